The normalized spacial score (nSPS) is 11.5. The Morgan fingerprint density at radius 3 is 2.59 bits per heavy atom. The van der Waals surface area contributed by atoms with E-state index in [0.717, 1.165) is 11.3 Å². The van der Waals surface area contributed by atoms with Crippen molar-refractivity contribution in [3.8, 4) is 5.75 Å². The van der Waals surface area contributed by atoms with Crippen LogP contribution in [0.3, 0.4) is 0 Å². The fraction of sp³-hybridized carbons (Fsp3) is 0.500. The summed E-state index contributed by atoms with van der Waals surface area (Å²) in [7, 11) is 0. The molecule has 0 aromatic heterocycles. The van der Waals surface area contributed by atoms with Crippen molar-refractivity contribution in [1.82, 2.24) is 5.32 Å². The number of hydrogen-bond donors (Lipinski definition) is 1. The van der Waals surface area contributed by atoms with Gasteiger partial charge in [0.05, 0.1) is 13.0 Å². The first-order valence-corrected chi connectivity index (χ1v) is 5.51. The Morgan fingerprint density at radius 1 is 1.24 bits per heavy atom. The van der Waals surface area contributed by atoms with Gasteiger partial charge in [0, 0.05) is 18.7 Å². The molecule has 0 bridgehead atoms. The molecule has 0 heterocycles. The Morgan fingerprint density at radius 2 is 1.94 bits per heavy atom. The third-order valence-electron chi connectivity index (χ3n) is 2.17. The summed E-state index contributed by atoms with van der Waals surface area (Å²) in [5, 5.41) is 2.76. The van der Waals surface area contributed by atoms with E-state index in [1.165, 1.54) is 0 Å². The van der Waals surface area contributed by atoms with E-state index in [1.54, 1.807) is 0 Å². The quantitative estimate of drug-likeness (QED) is 0.780. The average Bonchev–Trinajstić information content (AvgIpc) is 2.25. The number of para-hydroxylation sites is 1. The van der Waals surface area contributed by atoms with Crippen LogP contribution in [0.1, 0.15) is 18.9 Å². The number of ether oxygens (including phenoxy) is 1. The molecule has 2 nitrogen and oxygen atoms in total. The highest BCUT2D eigenvalue weighted by Gasteiger charge is 2.25. The summed E-state index contributed by atoms with van der Waals surface area (Å²) in [5.74, 6) is 0.717. The lowest BCUT2D eigenvalue weighted by Crippen LogP contribution is -2.21. The molecule has 0 unspecified atom stereocenters. The first-order valence-electron chi connectivity index (χ1n) is 5.51. The van der Waals surface area contributed by atoms with Gasteiger partial charge in [0.2, 0.25) is 0 Å². The number of hydrogen-bond acceptors (Lipinski definition) is 2. The zero-order valence-corrected chi connectivity index (χ0v) is 9.68. The van der Waals surface area contributed by atoms with Crippen molar-refractivity contribution in [1.29, 1.82) is 0 Å². The number of rotatable bonds is 6. The van der Waals surface area contributed by atoms with Gasteiger partial charge in [-0.3, -0.25) is 0 Å². The van der Waals surface area contributed by atoms with Gasteiger partial charge >= 0.3 is 6.18 Å². The summed E-state index contributed by atoms with van der Waals surface area (Å²) in [6, 6.07) is 7.32. The molecule has 1 N–H and O–H groups in total. The minimum atomic E-state index is -4.10. The molecule has 1 aromatic rings. The summed E-state index contributed by atoms with van der Waals surface area (Å²) in [4.78, 5) is 0. The first-order chi connectivity index (χ1) is 8.03. The van der Waals surface area contributed by atoms with Gasteiger partial charge in [-0.15, -0.1) is 0 Å². The van der Waals surface area contributed by atoms with Gasteiger partial charge in [0.25, 0.3) is 0 Å². The Bertz CT molecular complexity index is 339. The lowest BCUT2D eigenvalue weighted by Gasteiger charge is -2.11. The molecule has 0 aliphatic heterocycles. The molecule has 17 heavy (non-hydrogen) atoms. The average molecular weight is 247 g/mol. The molecule has 0 saturated heterocycles. The monoisotopic (exact) mass is 247 g/mol. The van der Waals surface area contributed by atoms with E-state index in [-0.39, 0.29) is 6.54 Å². The second-order valence-electron chi connectivity index (χ2n) is 3.58. The zero-order valence-electron chi connectivity index (χ0n) is 9.68. The van der Waals surface area contributed by atoms with Gasteiger partial charge in [-0.2, -0.15) is 13.2 Å². The minimum Gasteiger partial charge on any atom is -0.494 e. The molecular weight excluding hydrogens is 231 g/mol. The molecule has 0 radical (unpaired) electrons. The second-order valence-corrected chi connectivity index (χ2v) is 3.58. The van der Waals surface area contributed by atoms with Crippen molar-refractivity contribution >= 4 is 0 Å². The van der Waals surface area contributed by atoms with Crippen LogP contribution in [0.5, 0.6) is 5.75 Å². The van der Waals surface area contributed by atoms with E-state index in [4.69, 9.17) is 4.74 Å². The predicted octanol–water partition coefficient (Wildman–Crippen LogP) is 3.13. The maximum Gasteiger partial charge on any atom is 0.390 e. The van der Waals surface area contributed by atoms with E-state index in [9.17, 15) is 13.2 Å². The molecule has 96 valence electrons. The molecule has 5 heteroatoms. The molecule has 1 rings (SSSR count). The second kappa shape index (κ2) is 6.49. The largest absolute Gasteiger partial charge is 0.494 e. The first kappa shape index (κ1) is 13.8. The maximum atomic E-state index is 11.9. The van der Waals surface area contributed by atoms with Gasteiger partial charge in [0.1, 0.15) is 5.75 Å². The highest BCUT2D eigenvalue weighted by Crippen LogP contribution is 2.19. The number of halogens is 3. The van der Waals surface area contributed by atoms with Crippen molar-refractivity contribution in [2.75, 3.05) is 13.2 Å². The Kier molecular flexibility index (Phi) is 5.28. The lowest BCUT2D eigenvalue weighted by atomic mass is 10.2. The highest BCUT2D eigenvalue weighted by molar-refractivity contribution is 5.33. The summed E-state index contributed by atoms with van der Waals surface area (Å²) < 4.78 is 41.1. The standard InChI is InChI=1S/C12H16F3NO/c1-2-17-11-6-4-3-5-10(11)9-16-8-7-12(13,14)15/h3-6,16H,2,7-9H2,1H3. The summed E-state index contributed by atoms with van der Waals surface area (Å²) >= 11 is 0. The Hall–Kier alpha value is -1.23. The molecule has 0 aliphatic carbocycles. The Balaban J connectivity index is 2.41. The van der Waals surface area contributed by atoms with E-state index in [0.29, 0.717) is 13.2 Å². The van der Waals surface area contributed by atoms with Crippen LogP contribution in [0.25, 0.3) is 0 Å². The SMILES string of the molecule is CCOc1ccccc1CNCCC(F)(F)F. The van der Waals surface area contributed by atoms with Gasteiger partial charge in [-0.05, 0) is 13.0 Å². The fourth-order valence-corrected chi connectivity index (χ4v) is 1.40. The molecule has 1 aromatic carbocycles. The minimum absolute atomic E-state index is 0.0794. The van der Waals surface area contributed by atoms with Crippen molar-refractivity contribution < 1.29 is 17.9 Å². The fourth-order valence-electron chi connectivity index (χ4n) is 1.40. The third-order valence-corrected chi connectivity index (χ3v) is 2.17. The number of nitrogens with one attached hydrogen (secondary N) is 1. The van der Waals surface area contributed by atoms with Crippen molar-refractivity contribution in [3.63, 3.8) is 0 Å². The van der Waals surface area contributed by atoms with Crippen molar-refractivity contribution in [2.24, 2.45) is 0 Å². The van der Waals surface area contributed by atoms with E-state index in [1.807, 2.05) is 31.2 Å². The summed E-state index contributed by atoms with van der Waals surface area (Å²) in [6.45, 7) is 2.71. The molecule has 0 spiro atoms. The van der Waals surface area contributed by atoms with E-state index < -0.39 is 12.6 Å². The zero-order chi connectivity index (χ0) is 12.7. The number of benzene rings is 1. The summed E-state index contributed by atoms with van der Waals surface area (Å²) in [6.07, 6.45) is -4.92. The predicted molar refractivity (Wildman–Crippen MR) is 60.0 cm³/mol. The smallest absolute Gasteiger partial charge is 0.390 e. The third kappa shape index (κ3) is 5.58. The van der Waals surface area contributed by atoms with E-state index in [2.05, 4.69) is 5.32 Å². The van der Waals surface area contributed by atoms with Gasteiger partial charge in [-0.25, -0.2) is 0 Å². The van der Waals surface area contributed by atoms with Gasteiger partial charge in [-0.1, -0.05) is 18.2 Å². The summed E-state index contributed by atoms with van der Waals surface area (Å²) in [5.41, 5.74) is 0.872. The molecule has 0 atom stereocenters. The van der Waals surface area contributed by atoms with Crippen LogP contribution in [0.4, 0.5) is 13.2 Å². The number of alkyl halides is 3. The maximum absolute atomic E-state index is 11.9. The van der Waals surface area contributed by atoms with Crippen molar-refractivity contribution in [3.05, 3.63) is 29.8 Å². The van der Waals surface area contributed by atoms with Crippen LogP contribution < -0.4 is 10.1 Å². The van der Waals surface area contributed by atoms with Crippen LogP contribution in [0.15, 0.2) is 24.3 Å². The van der Waals surface area contributed by atoms with Gasteiger partial charge < -0.3 is 10.1 Å². The molecule has 0 aliphatic rings. The molecular formula is C12H16F3NO. The Labute approximate surface area is 98.8 Å². The lowest BCUT2D eigenvalue weighted by molar-refractivity contribution is -0.133. The van der Waals surface area contributed by atoms with Crippen molar-refractivity contribution in [2.45, 2.75) is 26.1 Å². The van der Waals surface area contributed by atoms with Crippen LogP contribution in [-0.4, -0.2) is 19.3 Å². The van der Waals surface area contributed by atoms with Crippen LogP contribution in [-0.2, 0) is 6.54 Å². The van der Waals surface area contributed by atoms with Crippen LogP contribution in [0, 0.1) is 0 Å². The molecule has 0 fully saturated rings. The topological polar surface area (TPSA) is 21.3 Å². The van der Waals surface area contributed by atoms with Crippen LogP contribution >= 0.6 is 0 Å². The molecule has 0 amide bonds. The van der Waals surface area contributed by atoms with Gasteiger partial charge in [0.15, 0.2) is 0 Å². The molecule has 0 saturated carbocycles. The van der Waals surface area contributed by atoms with E-state index >= 15 is 0 Å². The van der Waals surface area contributed by atoms with Crippen LogP contribution in [0.2, 0.25) is 0 Å². The highest BCUT2D eigenvalue weighted by atomic mass is 19.4.